The van der Waals surface area contributed by atoms with Crippen molar-refractivity contribution in [3.63, 3.8) is 0 Å². The fourth-order valence-electron chi connectivity index (χ4n) is 1.90. The lowest BCUT2D eigenvalue weighted by atomic mass is 10.1. The second kappa shape index (κ2) is 7.46. The highest BCUT2D eigenvalue weighted by molar-refractivity contribution is 7.84. The van der Waals surface area contributed by atoms with E-state index in [1.165, 1.54) is 18.2 Å². The van der Waals surface area contributed by atoms with Gasteiger partial charge in [-0.1, -0.05) is 18.2 Å². The topological polar surface area (TPSA) is 89.3 Å². The molecule has 0 fully saturated rings. The van der Waals surface area contributed by atoms with Gasteiger partial charge in [-0.3, -0.25) is 19.1 Å². The molecule has 0 saturated heterocycles. The average molecular weight is 330 g/mol. The zero-order valence-corrected chi connectivity index (χ0v) is 13.1. The average Bonchev–Trinajstić information content (AvgIpc) is 2.53. The molecule has 0 bridgehead atoms. The van der Waals surface area contributed by atoms with Crippen molar-refractivity contribution in [2.75, 3.05) is 11.6 Å². The van der Waals surface area contributed by atoms with Gasteiger partial charge >= 0.3 is 0 Å². The van der Waals surface area contributed by atoms with Crippen molar-refractivity contribution >= 4 is 34.2 Å². The van der Waals surface area contributed by atoms with Crippen molar-refractivity contribution in [1.82, 2.24) is 0 Å². The quantitative estimate of drug-likeness (QED) is 0.518. The molecule has 0 unspecified atom stereocenters. The standard InChI is InChI=1S/C16H14N2O4S/c1-23(22)14-7-4-6-13(11-14)17-16(19)10-9-12-5-2-3-8-15(12)18(20)21/h2-11H,1H3,(H,17,19)/b10-9+/t23-/m0/s1. The lowest BCUT2D eigenvalue weighted by Gasteiger charge is -2.04. The highest BCUT2D eigenvalue weighted by Crippen LogP contribution is 2.19. The molecule has 1 amide bonds. The number of amides is 1. The first-order chi connectivity index (χ1) is 11.0. The van der Waals surface area contributed by atoms with Gasteiger partial charge in [0.25, 0.3) is 5.69 Å². The van der Waals surface area contributed by atoms with Gasteiger partial charge in [0.05, 0.1) is 10.5 Å². The number of benzene rings is 2. The minimum Gasteiger partial charge on any atom is -0.322 e. The number of nitro benzene ring substituents is 1. The molecule has 0 spiro atoms. The van der Waals surface area contributed by atoms with Gasteiger partial charge in [-0.15, -0.1) is 0 Å². The van der Waals surface area contributed by atoms with Crippen molar-refractivity contribution in [2.45, 2.75) is 4.90 Å². The first-order valence-electron chi connectivity index (χ1n) is 6.63. The Bertz CT molecular complexity index is 802. The number of anilines is 1. The van der Waals surface area contributed by atoms with Crippen molar-refractivity contribution < 1.29 is 13.9 Å². The van der Waals surface area contributed by atoms with E-state index in [-0.39, 0.29) is 5.69 Å². The Morgan fingerprint density at radius 3 is 2.65 bits per heavy atom. The van der Waals surface area contributed by atoms with E-state index in [1.807, 2.05) is 0 Å². The van der Waals surface area contributed by atoms with E-state index in [4.69, 9.17) is 0 Å². The van der Waals surface area contributed by atoms with Crippen LogP contribution in [0.4, 0.5) is 11.4 Å². The van der Waals surface area contributed by atoms with Crippen LogP contribution in [0.5, 0.6) is 0 Å². The molecular weight excluding hydrogens is 316 g/mol. The second-order valence-corrected chi connectivity index (χ2v) is 6.00. The lowest BCUT2D eigenvalue weighted by molar-refractivity contribution is -0.385. The highest BCUT2D eigenvalue weighted by atomic mass is 32.2. The maximum atomic E-state index is 11.9. The summed E-state index contributed by atoms with van der Waals surface area (Å²) in [4.78, 5) is 22.9. The highest BCUT2D eigenvalue weighted by Gasteiger charge is 2.09. The predicted octanol–water partition coefficient (Wildman–Crippen LogP) is 2.98. The number of hydrogen-bond acceptors (Lipinski definition) is 4. The van der Waals surface area contributed by atoms with Crippen LogP contribution in [0, 0.1) is 10.1 Å². The van der Waals surface area contributed by atoms with Gasteiger partial charge < -0.3 is 5.32 Å². The fraction of sp³-hybridized carbons (Fsp3) is 0.0625. The molecule has 2 aromatic rings. The largest absolute Gasteiger partial charge is 0.322 e. The Hall–Kier alpha value is -2.80. The van der Waals surface area contributed by atoms with E-state index < -0.39 is 21.6 Å². The normalized spacial score (nSPS) is 12.0. The number of carbonyl (C=O) groups is 1. The number of nitrogens with zero attached hydrogens (tertiary/aromatic N) is 1. The molecule has 0 aliphatic rings. The molecule has 0 aliphatic carbocycles. The molecule has 1 atom stereocenters. The second-order valence-electron chi connectivity index (χ2n) is 4.62. The Balaban J connectivity index is 2.12. The van der Waals surface area contributed by atoms with E-state index >= 15 is 0 Å². The Kier molecular flexibility index (Phi) is 5.37. The zero-order chi connectivity index (χ0) is 16.8. The third-order valence-electron chi connectivity index (χ3n) is 2.98. The molecule has 0 heterocycles. The number of para-hydroxylation sites is 1. The molecule has 2 rings (SSSR count). The monoisotopic (exact) mass is 330 g/mol. The number of nitrogens with one attached hydrogen (secondary N) is 1. The van der Waals surface area contributed by atoms with Crippen LogP contribution in [0.3, 0.4) is 0 Å². The summed E-state index contributed by atoms with van der Waals surface area (Å²) in [7, 11) is -1.14. The zero-order valence-electron chi connectivity index (χ0n) is 12.3. The minimum absolute atomic E-state index is 0.0695. The van der Waals surface area contributed by atoms with E-state index in [9.17, 15) is 19.1 Å². The lowest BCUT2D eigenvalue weighted by Crippen LogP contribution is -2.08. The van der Waals surface area contributed by atoms with Crippen LogP contribution in [0.15, 0.2) is 59.5 Å². The molecule has 1 N–H and O–H groups in total. The van der Waals surface area contributed by atoms with Crippen molar-refractivity contribution in [3.05, 3.63) is 70.3 Å². The first-order valence-corrected chi connectivity index (χ1v) is 8.19. The van der Waals surface area contributed by atoms with Gasteiger partial charge in [-0.05, 0) is 30.3 Å². The fourth-order valence-corrected chi connectivity index (χ4v) is 2.46. The Morgan fingerprint density at radius 1 is 1.22 bits per heavy atom. The van der Waals surface area contributed by atoms with Crippen LogP contribution in [0.25, 0.3) is 6.08 Å². The van der Waals surface area contributed by atoms with Gasteiger partial charge in [-0.2, -0.15) is 0 Å². The van der Waals surface area contributed by atoms with E-state index in [2.05, 4.69) is 5.32 Å². The molecule has 0 saturated carbocycles. The number of nitro groups is 1. The molecule has 0 aromatic heterocycles. The molecule has 0 aliphatic heterocycles. The predicted molar refractivity (Wildman–Crippen MR) is 89.5 cm³/mol. The summed E-state index contributed by atoms with van der Waals surface area (Å²) < 4.78 is 11.4. The first kappa shape index (κ1) is 16.6. The van der Waals surface area contributed by atoms with Crippen LogP contribution in [-0.2, 0) is 15.6 Å². The van der Waals surface area contributed by atoms with Crippen LogP contribution < -0.4 is 5.32 Å². The van der Waals surface area contributed by atoms with E-state index in [0.29, 0.717) is 16.1 Å². The van der Waals surface area contributed by atoms with Gasteiger partial charge in [-0.25, -0.2) is 0 Å². The van der Waals surface area contributed by atoms with Gasteiger partial charge in [0.2, 0.25) is 5.91 Å². The molecule has 7 heteroatoms. The van der Waals surface area contributed by atoms with Crippen LogP contribution >= 0.6 is 0 Å². The number of rotatable bonds is 5. The maximum absolute atomic E-state index is 11.9. The van der Waals surface area contributed by atoms with Crippen LogP contribution in [0.2, 0.25) is 0 Å². The van der Waals surface area contributed by atoms with Gasteiger partial charge in [0, 0.05) is 39.8 Å². The van der Waals surface area contributed by atoms with Crippen LogP contribution in [-0.4, -0.2) is 21.3 Å². The summed E-state index contributed by atoms with van der Waals surface area (Å²) in [5.74, 6) is -0.429. The summed E-state index contributed by atoms with van der Waals surface area (Å²) >= 11 is 0. The SMILES string of the molecule is C[S@](=O)c1cccc(NC(=O)/C=C/c2ccccc2[N+](=O)[O-])c1. The summed E-state index contributed by atoms with van der Waals surface area (Å²) in [5, 5.41) is 13.5. The van der Waals surface area contributed by atoms with Crippen molar-refractivity contribution in [1.29, 1.82) is 0 Å². The van der Waals surface area contributed by atoms with Crippen molar-refractivity contribution in [2.24, 2.45) is 0 Å². The third-order valence-corrected chi connectivity index (χ3v) is 3.90. The summed E-state index contributed by atoms with van der Waals surface area (Å²) in [6.45, 7) is 0. The molecule has 6 nitrogen and oxygen atoms in total. The van der Waals surface area contributed by atoms with E-state index in [0.717, 1.165) is 0 Å². The number of hydrogen-bond donors (Lipinski definition) is 1. The van der Waals surface area contributed by atoms with Crippen LogP contribution in [0.1, 0.15) is 5.56 Å². The molecular formula is C16H14N2O4S. The van der Waals surface area contributed by atoms with Gasteiger partial charge in [0.1, 0.15) is 0 Å². The summed E-state index contributed by atoms with van der Waals surface area (Å²) in [6, 6.07) is 12.8. The molecule has 23 heavy (non-hydrogen) atoms. The van der Waals surface area contributed by atoms with Gasteiger partial charge in [0.15, 0.2) is 0 Å². The smallest absolute Gasteiger partial charge is 0.276 e. The minimum atomic E-state index is -1.14. The molecule has 118 valence electrons. The molecule has 0 radical (unpaired) electrons. The Morgan fingerprint density at radius 2 is 1.96 bits per heavy atom. The summed E-state index contributed by atoms with van der Waals surface area (Å²) in [6.07, 6.45) is 4.16. The Labute approximate surface area is 135 Å². The molecule has 2 aromatic carbocycles. The maximum Gasteiger partial charge on any atom is 0.276 e. The number of carbonyl (C=O) groups excluding carboxylic acids is 1. The third kappa shape index (κ3) is 4.58. The van der Waals surface area contributed by atoms with E-state index in [1.54, 1.807) is 48.7 Å². The summed E-state index contributed by atoms with van der Waals surface area (Å²) in [5.41, 5.74) is 0.783. The van der Waals surface area contributed by atoms with Crippen molar-refractivity contribution in [3.8, 4) is 0 Å².